The lowest BCUT2D eigenvalue weighted by atomic mass is 9.98. The molecule has 1 N–H and O–H groups in total. The Morgan fingerprint density at radius 1 is 1.25 bits per heavy atom. The van der Waals surface area contributed by atoms with Gasteiger partial charge < -0.3 is 19.4 Å². The molecule has 0 spiro atoms. The molecule has 1 aromatic heterocycles. The minimum atomic E-state index is -3.77. The first-order valence-electron chi connectivity index (χ1n) is 11.0. The maximum Gasteiger partial charge on any atom is 0.262 e. The number of anilines is 1. The molecule has 1 atom stereocenters. The molecule has 9 nitrogen and oxygen atoms in total. The maximum atomic E-state index is 13.1. The van der Waals surface area contributed by atoms with Crippen molar-refractivity contribution >= 4 is 21.6 Å². The highest BCUT2D eigenvalue weighted by molar-refractivity contribution is 7.89. The summed E-state index contributed by atoms with van der Waals surface area (Å²) in [5.74, 6) is 0.451. The van der Waals surface area contributed by atoms with Crippen molar-refractivity contribution in [3.8, 4) is 11.5 Å². The van der Waals surface area contributed by atoms with Gasteiger partial charge in [0.25, 0.3) is 10.0 Å². The summed E-state index contributed by atoms with van der Waals surface area (Å²) in [6, 6.07) is 5.38. The third-order valence-electron chi connectivity index (χ3n) is 5.35. The molecule has 0 aliphatic carbocycles. The van der Waals surface area contributed by atoms with Gasteiger partial charge in [-0.25, -0.2) is 13.4 Å². The van der Waals surface area contributed by atoms with Gasteiger partial charge in [-0.3, -0.25) is 4.79 Å². The maximum absolute atomic E-state index is 13.1. The van der Waals surface area contributed by atoms with Gasteiger partial charge in [-0.05, 0) is 52.7 Å². The zero-order valence-corrected chi connectivity index (χ0v) is 19.9. The number of hydrogen-bond donors (Lipinski definition) is 1. The monoisotopic (exact) mass is 464 g/mol. The van der Waals surface area contributed by atoms with E-state index < -0.39 is 15.9 Å². The zero-order valence-electron chi connectivity index (χ0n) is 19.1. The molecule has 0 unspecified atom stereocenters. The van der Waals surface area contributed by atoms with Crippen LogP contribution in [0.1, 0.15) is 46.6 Å². The molecule has 0 radical (unpaired) electrons. The van der Waals surface area contributed by atoms with E-state index in [2.05, 4.69) is 10.3 Å². The van der Waals surface area contributed by atoms with E-state index in [0.29, 0.717) is 49.8 Å². The number of nitrogens with one attached hydrogen (secondary N) is 1. The SMILES string of the molecule is CCOc1ccc(OCC)c(NC(=O)[C@H]2CCCN(S(=O)(=O)c3cn(C(C)C)cn3)C2)c1. The second-order valence-corrected chi connectivity index (χ2v) is 9.85. The fourth-order valence-electron chi connectivity index (χ4n) is 3.62. The molecule has 32 heavy (non-hydrogen) atoms. The lowest BCUT2D eigenvalue weighted by Gasteiger charge is -2.30. The number of nitrogens with zero attached hydrogens (tertiary/aromatic N) is 3. The molecule has 176 valence electrons. The van der Waals surface area contributed by atoms with Gasteiger partial charge in [0.2, 0.25) is 5.91 Å². The summed E-state index contributed by atoms with van der Waals surface area (Å²) in [6.07, 6.45) is 4.26. The Kier molecular flexibility index (Phi) is 7.78. The summed E-state index contributed by atoms with van der Waals surface area (Å²) in [4.78, 5) is 17.1. The van der Waals surface area contributed by atoms with E-state index in [1.165, 1.54) is 16.8 Å². The van der Waals surface area contributed by atoms with Crippen molar-refractivity contribution in [3.63, 3.8) is 0 Å². The number of imidazole rings is 1. The van der Waals surface area contributed by atoms with Crippen molar-refractivity contribution in [3.05, 3.63) is 30.7 Å². The van der Waals surface area contributed by atoms with Crippen LogP contribution in [0.2, 0.25) is 0 Å². The quantitative estimate of drug-likeness (QED) is 0.611. The van der Waals surface area contributed by atoms with Gasteiger partial charge in [-0.1, -0.05) is 0 Å². The predicted molar refractivity (Wildman–Crippen MR) is 122 cm³/mol. The Labute approximate surface area is 189 Å². The van der Waals surface area contributed by atoms with Crippen LogP contribution in [0.4, 0.5) is 5.69 Å². The molecular formula is C22H32N4O5S. The van der Waals surface area contributed by atoms with Gasteiger partial charge in [-0.15, -0.1) is 0 Å². The van der Waals surface area contributed by atoms with Gasteiger partial charge in [0, 0.05) is 31.4 Å². The van der Waals surface area contributed by atoms with E-state index in [-0.39, 0.29) is 23.5 Å². The number of sulfonamides is 1. The fraction of sp³-hybridized carbons (Fsp3) is 0.545. The van der Waals surface area contributed by atoms with E-state index >= 15 is 0 Å². The van der Waals surface area contributed by atoms with E-state index in [4.69, 9.17) is 9.47 Å². The number of ether oxygens (including phenoxy) is 2. The number of carbonyl (C=O) groups excluding carboxylic acids is 1. The minimum Gasteiger partial charge on any atom is -0.494 e. The number of amides is 1. The van der Waals surface area contributed by atoms with Gasteiger partial charge in [-0.2, -0.15) is 4.31 Å². The van der Waals surface area contributed by atoms with Crippen LogP contribution in [-0.2, 0) is 14.8 Å². The third-order valence-corrected chi connectivity index (χ3v) is 7.10. The number of carbonyl (C=O) groups is 1. The Bertz CT molecular complexity index is 1030. The van der Waals surface area contributed by atoms with Crippen LogP contribution >= 0.6 is 0 Å². The molecule has 1 aliphatic heterocycles. The Hall–Kier alpha value is -2.59. The Morgan fingerprint density at radius 2 is 2.00 bits per heavy atom. The Balaban J connectivity index is 1.75. The van der Waals surface area contributed by atoms with Crippen LogP contribution < -0.4 is 14.8 Å². The smallest absolute Gasteiger partial charge is 0.262 e. The highest BCUT2D eigenvalue weighted by Crippen LogP contribution is 2.31. The summed E-state index contributed by atoms with van der Waals surface area (Å²) in [6.45, 7) is 9.09. The second-order valence-electron chi connectivity index (χ2n) is 7.97. The molecular weight excluding hydrogens is 432 g/mol. The second kappa shape index (κ2) is 10.4. The molecule has 3 rings (SSSR count). The summed E-state index contributed by atoms with van der Waals surface area (Å²) >= 11 is 0. The van der Waals surface area contributed by atoms with Gasteiger partial charge >= 0.3 is 0 Å². The molecule has 1 aromatic carbocycles. The van der Waals surface area contributed by atoms with Crippen LogP contribution in [0.15, 0.2) is 35.7 Å². The first-order valence-corrected chi connectivity index (χ1v) is 12.4. The van der Waals surface area contributed by atoms with E-state index in [0.717, 1.165) is 0 Å². The number of rotatable bonds is 9. The van der Waals surface area contributed by atoms with Gasteiger partial charge in [0.1, 0.15) is 11.5 Å². The van der Waals surface area contributed by atoms with E-state index in [1.54, 1.807) is 22.8 Å². The molecule has 0 bridgehead atoms. The van der Waals surface area contributed by atoms with Crippen LogP contribution in [0.5, 0.6) is 11.5 Å². The number of piperidine rings is 1. The molecule has 2 heterocycles. The summed E-state index contributed by atoms with van der Waals surface area (Å²) < 4.78 is 40.4. The summed E-state index contributed by atoms with van der Waals surface area (Å²) in [5.41, 5.74) is 0.512. The van der Waals surface area contributed by atoms with Crippen molar-refractivity contribution in [2.45, 2.75) is 51.6 Å². The van der Waals surface area contributed by atoms with Crippen molar-refractivity contribution in [1.29, 1.82) is 0 Å². The van der Waals surface area contributed by atoms with E-state index in [1.807, 2.05) is 27.7 Å². The molecule has 1 aliphatic rings. The number of benzene rings is 1. The zero-order chi connectivity index (χ0) is 23.3. The molecule has 10 heteroatoms. The van der Waals surface area contributed by atoms with Gasteiger partial charge in [0.15, 0.2) is 5.03 Å². The number of hydrogen-bond acceptors (Lipinski definition) is 6. The molecule has 2 aromatic rings. The van der Waals surface area contributed by atoms with Crippen molar-refractivity contribution in [2.24, 2.45) is 5.92 Å². The topological polar surface area (TPSA) is 103 Å². The van der Waals surface area contributed by atoms with Crippen molar-refractivity contribution in [2.75, 3.05) is 31.6 Å². The first-order chi connectivity index (χ1) is 15.3. The largest absolute Gasteiger partial charge is 0.494 e. The average molecular weight is 465 g/mol. The lowest BCUT2D eigenvalue weighted by molar-refractivity contribution is -0.120. The summed E-state index contributed by atoms with van der Waals surface area (Å²) in [7, 11) is -3.77. The van der Waals surface area contributed by atoms with Crippen molar-refractivity contribution in [1.82, 2.24) is 13.9 Å². The lowest BCUT2D eigenvalue weighted by Crippen LogP contribution is -2.43. The predicted octanol–water partition coefficient (Wildman–Crippen LogP) is 3.30. The summed E-state index contributed by atoms with van der Waals surface area (Å²) in [5, 5.41) is 2.92. The highest BCUT2D eigenvalue weighted by atomic mass is 32.2. The average Bonchev–Trinajstić information content (AvgIpc) is 3.28. The molecule has 0 saturated carbocycles. The first kappa shape index (κ1) is 24.1. The van der Waals surface area contributed by atoms with Crippen LogP contribution in [0.25, 0.3) is 0 Å². The normalized spacial score (nSPS) is 17.3. The van der Waals surface area contributed by atoms with E-state index in [9.17, 15) is 13.2 Å². The standard InChI is InChI=1S/C22H32N4O5S/c1-5-30-18-9-10-20(31-6-2)19(12-18)24-22(27)17-8-7-11-26(13-17)32(28,29)21-14-25(15-23-21)16(3)4/h9-10,12,14-17H,5-8,11,13H2,1-4H3,(H,24,27)/t17-/m0/s1. The van der Waals surface area contributed by atoms with Crippen LogP contribution in [0.3, 0.4) is 0 Å². The van der Waals surface area contributed by atoms with Crippen molar-refractivity contribution < 1.29 is 22.7 Å². The third kappa shape index (κ3) is 5.42. The fourth-order valence-corrected chi connectivity index (χ4v) is 5.07. The molecule has 1 amide bonds. The van der Waals surface area contributed by atoms with Crippen LogP contribution in [0, 0.1) is 5.92 Å². The number of aromatic nitrogens is 2. The Morgan fingerprint density at radius 3 is 2.66 bits per heavy atom. The molecule has 1 saturated heterocycles. The minimum absolute atomic E-state index is 0.00954. The molecule has 1 fully saturated rings. The van der Waals surface area contributed by atoms with Crippen LogP contribution in [-0.4, -0.2) is 54.5 Å². The van der Waals surface area contributed by atoms with Gasteiger partial charge in [0.05, 0.1) is 31.1 Å². The highest BCUT2D eigenvalue weighted by Gasteiger charge is 2.35.